The molecule has 0 aromatic heterocycles. The maximum absolute atomic E-state index is 12.4. The van der Waals surface area contributed by atoms with E-state index in [9.17, 15) is 9.59 Å². The van der Waals surface area contributed by atoms with Crippen LogP contribution in [-0.4, -0.2) is 30.8 Å². The number of carbonyl (C=O) groups excluding carboxylic acids is 2. The zero-order valence-electron chi connectivity index (χ0n) is 15.7. The standard InChI is InChI=1S/C22H26N2O2/c1-22(2,3)17-11-9-16(10-12-17)20(25)21(26)23-18-13-14-24(15-18)19-7-5-4-6-8-19/h4-12,18H,13-15H2,1-3H3,(H,23,26)/t18-/m1/s1. The lowest BCUT2D eigenvalue weighted by Crippen LogP contribution is -2.41. The largest absolute Gasteiger partial charge is 0.369 e. The summed E-state index contributed by atoms with van der Waals surface area (Å²) >= 11 is 0. The SMILES string of the molecule is CC(C)(C)c1ccc(C(=O)C(=O)N[C@@H]2CCN(c3ccccc3)C2)cc1. The Labute approximate surface area is 155 Å². The molecule has 1 amide bonds. The first-order valence-corrected chi connectivity index (χ1v) is 9.10. The predicted molar refractivity (Wildman–Crippen MR) is 105 cm³/mol. The number of anilines is 1. The molecule has 0 unspecified atom stereocenters. The van der Waals surface area contributed by atoms with Crippen molar-refractivity contribution in [3.63, 3.8) is 0 Å². The number of para-hydroxylation sites is 1. The van der Waals surface area contributed by atoms with Gasteiger partial charge < -0.3 is 10.2 Å². The van der Waals surface area contributed by atoms with Gasteiger partial charge in [0.15, 0.2) is 0 Å². The highest BCUT2D eigenvalue weighted by molar-refractivity contribution is 6.42. The normalized spacial score (nSPS) is 17.2. The molecular weight excluding hydrogens is 324 g/mol. The summed E-state index contributed by atoms with van der Waals surface area (Å²) < 4.78 is 0. The molecule has 1 atom stereocenters. The van der Waals surface area contributed by atoms with Gasteiger partial charge in [-0.1, -0.05) is 63.2 Å². The molecule has 26 heavy (non-hydrogen) atoms. The monoisotopic (exact) mass is 350 g/mol. The number of hydrogen-bond acceptors (Lipinski definition) is 3. The van der Waals surface area contributed by atoms with Crippen LogP contribution >= 0.6 is 0 Å². The molecule has 0 saturated carbocycles. The predicted octanol–water partition coefficient (Wildman–Crippen LogP) is 3.56. The van der Waals surface area contributed by atoms with Gasteiger partial charge in [-0.05, 0) is 29.5 Å². The minimum atomic E-state index is -0.520. The minimum absolute atomic E-state index is 0.000467. The minimum Gasteiger partial charge on any atom is -0.369 e. The van der Waals surface area contributed by atoms with Gasteiger partial charge in [-0.25, -0.2) is 0 Å². The Kier molecular flexibility index (Phi) is 5.12. The van der Waals surface area contributed by atoms with Gasteiger partial charge in [-0.15, -0.1) is 0 Å². The molecule has 1 aliphatic heterocycles. The van der Waals surface area contributed by atoms with E-state index in [4.69, 9.17) is 0 Å². The lowest BCUT2D eigenvalue weighted by molar-refractivity contribution is -0.117. The van der Waals surface area contributed by atoms with E-state index in [1.165, 1.54) is 0 Å². The Morgan fingerprint density at radius 2 is 1.65 bits per heavy atom. The summed E-state index contributed by atoms with van der Waals surface area (Å²) in [7, 11) is 0. The lowest BCUT2D eigenvalue weighted by Gasteiger charge is -2.19. The van der Waals surface area contributed by atoms with Crippen LogP contribution in [0.4, 0.5) is 5.69 Å². The molecular formula is C22H26N2O2. The second-order valence-electron chi connectivity index (χ2n) is 7.90. The van der Waals surface area contributed by atoms with Crippen molar-refractivity contribution < 1.29 is 9.59 Å². The van der Waals surface area contributed by atoms with Gasteiger partial charge in [-0.3, -0.25) is 9.59 Å². The van der Waals surface area contributed by atoms with Gasteiger partial charge in [-0.2, -0.15) is 0 Å². The molecule has 0 radical (unpaired) electrons. The van der Waals surface area contributed by atoms with E-state index in [1.54, 1.807) is 12.1 Å². The fourth-order valence-corrected chi connectivity index (χ4v) is 3.26. The number of ketones is 1. The fourth-order valence-electron chi connectivity index (χ4n) is 3.26. The van der Waals surface area contributed by atoms with Gasteiger partial charge in [0.05, 0.1) is 0 Å². The smallest absolute Gasteiger partial charge is 0.292 e. The second kappa shape index (κ2) is 7.32. The highest BCUT2D eigenvalue weighted by Gasteiger charge is 2.27. The Bertz CT molecular complexity index is 776. The summed E-state index contributed by atoms with van der Waals surface area (Å²) in [6.45, 7) is 7.97. The van der Waals surface area contributed by atoms with E-state index in [0.29, 0.717) is 5.56 Å². The van der Waals surface area contributed by atoms with Crippen LogP contribution in [0.1, 0.15) is 43.1 Å². The molecule has 0 spiro atoms. The summed E-state index contributed by atoms with van der Waals surface area (Å²) in [5.41, 5.74) is 2.75. The van der Waals surface area contributed by atoms with Gasteiger partial charge >= 0.3 is 0 Å². The summed E-state index contributed by atoms with van der Waals surface area (Å²) in [5, 5.41) is 2.89. The van der Waals surface area contributed by atoms with E-state index in [2.05, 4.69) is 43.1 Å². The van der Waals surface area contributed by atoms with Gasteiger partial charge in [0, 0.05) is 30.4 Å². The van der Waals surface area contributed by atoms with Crippen LogP contribution in [0.2, 0.25) is 0 Å². The third-order valence-electron chi connectivity index (χ3n) is 4.86. The van der Waals surface area contributed by atoms with Gasteiger partial charge in [0.1, 0.15) is 0 Å². The number of rotatable bonds is 4. The van der Waals surface area contributed by atoms with Crippen LogP contribution in [0.3, 0.4) is 0 Å². The van der Waals surface area contributed by atoms with Crippen LogP contribution in [0.25, 0.3) is 0 Å². The van der Waals surface area contributed by atoms with Crippen molar-refractivity contribution in [1.82, 2.24) is 5.32 Å². The number of hydrogen-bond donors (Lipinski definition) is 1. The Balaban J connectivity index is 1.59. The molecule has 4 heteroatoms. The van der Waals surface area contributed by atoms with E-state index in [1.807, 2.05) is 30.3 Å². The molecule has 2 aromatic carbocycles. The molecule has 136 valence electrons. The Hall–Kier alpha value is -2.62. The first-order valence-electron chi connectivity index (χ1n) is 9.10. The molecule has 4 nitrogen and oxygen atoms in total. The van der Waals surface area contributed by atoms with Gasteiger partial charge in [0.25, 0.3) is 5.91 Å². The molecule has 1 N–H and O–H groups in total. The quantitative estimate of drug-likeness (QED) is 0.677. The zero-order chi connectivity index (χ0) is 18.7. The van der Waals surface area contributed by atoms with E-state index in [-0.39, 0.29) is 11.5 Å². The van der Waals surface area contributed by atoms with Crippen molar-refractivity contribution in [3.8, 4) is 0 Å². The van der Waals surface area contributed by atoms with Crippen molar-refractivity contribution in [2.45, 2.75) is 38.6 Å². The first-order chi connectivity index (χ1) is 12.3. The Morgan fingerprint density at radius 3 is 2.27 bits per heavy atom. The van der Waals surface area contributed by atoms with Crippen molar-refractivity contribution in [1.29, 1.82) is 0 Å². The van der Waals surface area contributed by atoms with Crippen molar-refractivity contribution in [3.05, 3.63) is 65.7 Å². The van der Waals surface area contributed by atoms with Crippen molar-refractivity contribution in [2.75, 3.05) is 18.0 Å². The Morgan fingerprint density at radius 1 is 1.00 bits per heavy atom. The van der Waals surface area contributed by atoms with Crippen molar-refractivity contribution >= 4 is 17.4 Å². The van der Waals surface area contributed by atoms with Crippen LogP contribution in [0.15, 0.2) is 54.6 Å². The highest BCUT2D eigenvalue weighted by atomic mass is 16.2. The van der Waals surface area contributed by atoms with E-state index < -0.39 is 11.7 Å². The summed E-state index contributed by atoms with van der Waals surface area (Å²) in [6, 6.07) is 17.5. The summed E-state index contributed by atoms with van der Waals surface area (Å²) in [4.78, 5) is 27.0. The molecule has 3 rings (SSSR count). The molecule has 2 aromatic rings. The second-order valence-corrected chi connectivity index (χ2v) is 7.90. The number of nitrogens with one attached hydrogen (secondary N) is 1. The highest BCUT2D eigenvalue weighted by Crippen LogP contribution is 2.22. The van der Waals surface area contributed by atoms with E-state index in [0.717, 1.165) is 30.8 Å². The topological polar surface area (TPSA) is 49.4 Å². The van der Waals surface area contributed by atoms with E-state index >= 15 is 0 Å². The molecule has 1 saturated heterocycles. The van der Waals surface area contributed by atoms with Gasteiger partial charge in [0.2, 0.25) is 5.78 Å². The third kappa shape index (κ3) is 4.13. The first kappa shape index (κ1) is 18.2. The number of amides is 1. The molecule has 0 bridgehead atoms. The number of benzene rings is 2. The number of nitrogens with zero attached hydrogens (tertiary/aromatic N) is 1. The summed E-state index contributed by atoms with van der Waals surface area (Å²) in [6.07, 6.45) is 0.844. The number of Topliss-reactive ketones (excluding diaryl/α,β-unsaturated/α-hetero) is 1. The van der Waals surface area contributed by atoms with Crippen LogP contribution in [0.5, 0.6) is 0 Å². The number of carbonyl (C=O) groups is 2. The third-order valence-corrected chi connectivity index (χ3v) is 4.86. The molecule has 1 aliphatic rings. The fraction of sp³-hybridized carbons (Fsp3) is 0.364. The molecule has 0 aliphatic carbocycles. The maximum atomic E-state index is 12.4. The summed E-state index contributed by atoms with van der Waals surface area (Å²) in [5.74, 6) is -0.989. The van der Waals surface area contributed by atoms with Crippen LogP contribution < -0.4 is 10.2 Å². The zero-order valence-corrected chi connectivity index (χ0v) is 15.7. The average molecular weight is 350 g/mol. The van der Waals surface area contributed by atoms with Crippen molar-refractivity contribution in [2.24, 2.45) is 0 Å². The average Bonchev–Trinajstić information content (AvgIpc) is 3.09. The molecule has 1 heterocycles. The van der Waals surface area contributed by atoms with Crippen LogP contribution in [-0.2, 0) is 10.2 Å². The lowest BCUT2D eigenvalue weighted by atomic mass is 9.86. The maximum Gasteiger partial charge on any atom is 0.292 e. The molecule has 1 fully saturated rings. The van der Waals surface area contributed by atoms with Crippen LogP contribution in [0, 0.1) is 0 Å².